The molecule has 1 aromatic heterocycles. The number of anilines is 1. The van der Waals surface area contributed by atoms with Gasteiger partial charge in [-0.1, -0.05) is 0 Å². The smallest absolute Gasteiger partial charge is 0.166 e. The Morgan fingerprint density at radius 3 is 2.53 bits per heavy atom. The van der Waals surface area contributed by atoms with Crippen molar-refractivity contribution >= 4 is 21.7 Å². The second-order valence-corrected chi connectivity index (χ2v) is 4.41. The summed E-state index contributed by atoms with van der Waals surface area (Å²) in [5, 5.41) is 18.6. The second kappa shape index (κ2) is 4.03. The average Bonchev–Trinajstić information content (AvgIpc) is 2.46. The molecule has 1 saturated heterocycles. The van der Waals surface area contributed by atoms with Crippen molar-refractivity contribution in [3.8, 4) is 0 Å². The predicted molar refractivity (Wildman–Crippen MR) is 56.1 cm³/mol. The highest BCUT2D eigenvalue weighted by Crippen LogP contribution is 2.23. The van der Waals surface area contributed by atoms with Crippen molar-refractivity contribution < 1.29 is 14.6 Å². The Labute approximate surface area is 94.5 Å². The van der Waals surface area contributed by atoms with Crippen molar-refractivity contribution in [3.05, 3.63) is 22.6 Å². The highest BCUT2D eigenvalue weighted by Gasteiger charge is 2.31. The number of nitrogens with zero attached hydrogens (tertiary/aromatic N) is 2. The summed E-state index contributed by atoms with van der Waals surface area (Å²) in [5.74, 6) is -0.306. The van der Waals surface area contributed by atoms with Crippen LogP contribution in [0.3, 0.4) is 0 Å². The minimum Gasteiger partial charge on any atom is -0.389 e. The Morgan fingerprint density at radius 2 is 2.00 bits per heavy atom. The summed E-state index contributed by atoms with van der Waals surface area (Å²) < 4.78 is 14.0. The summed E-state index contributed by atoms with van der Waals surface area (Å²) in [7, 11) is 0. The molecule has 2 atom stereocenters. The van der Waals surface area contributed by atoms with Gasteiger partial charge in [0.05, 0.1) is 12.2 Å². The van der Waals surface area contributed by atoms with Crippen molar-refractivity contribution in [1.29, 1.82) is 0 Å². The number of aliphatic hydroxyl groups is 2. The zero-order chi connectivity index (χ0) is 11.0. The fraction of sp³-hybridized carbons (Fsp3) is 0.444. The van der Waals surface area contributed by atoms with Gasteiger partial charge in [-0.3, -0.25) is 0 Å². The van der Waals surface area contributed by atoms with Crippen molar-refractivity contribution in [2.24, 2.45) is 0 Å². The van der Waals surface area contributed by atoms with Gasteiger partial charge in [0, 0.05) is 23.8 Å². The van der Waals surface area contributed by atoms with Crippen molar-refractivity contribution in [2.45, 2.75) is 12.2 Å². The second-order valence-electron chi connectivity index (χ2n) is 3.50. The first-order valence-corrected chi connectivity index (χ1v) is 5.29. The molecule has 1 fully saturated rings. The lowest BCUT2D eigenvalue weighted by atomic mass is 10.3. The lowest BCUT2D eigenvalue weighted by Crippen LogP contribution is -2.23. The maximum atomic E-state index is 13.5. The molecule has 2 heterocycles. The minimum atomic E-state index is -0.838. The number of pyridine rings is 1. The van der Waals surface area contributed by atoms with Crippen molar-refractivity contribution in [2.75, 3.05) is 18.0 Å². The maximum absolute atomic E-state index is 13.5. The lowest BCUT2D eigenvalue weighted by Gasteiger charge is -2.16. The molecular weight excluding hydrogens is 267 g/mol. The zero-order valence-corrected chi connectivity index (χ0v) is 9.35. The SMILES string of the molecule is OC1CN(c2ncc(Br)cc2F)CC1O. The number of β-amino-alcohol motifs (C(OH)–C–C–N with tert-alkyl or cyclic N) is 2. The largest absolute Gasteiger partial charge is 0.389 e. The molecule has 1 aliphatic rings. The predicted octanol–water partition coefficient (Wildman–Crippen LogP) is 0.525. The van der Waals surface area contributed by atoms with Gasteiger partial charge in [0.1, 0.15) is 0 Å². The number of hydrogen-bond donors (Lipinski definition) is 2. The number of rotatable bonds is 1. The summed E-state index contributed by atoms with van der Waals surface area (Å²) >= 11 is 3.11. The van der Waals surface area contributed by atoms with Gasteiger partial charge in [-0.05, 0) is 22.0 Å². The van der Waals surface area contributed by atoms with Crippen LogP contribution in [0.25, 0.3) is 0 Å². The first kappa shape index (κ1) is 10.8. The first-order valence-electron chi connectivity index (χ1n) is 4.50. The number of halogens is 2. The summed E-state index contributed by atoms with van der Waals surface area (Å²) in [6.07, 6.45) is -0.195. The van der Waals surface area contributed by atoms with Crippen LogP contribution in [-0.2, 0) is 0 Å². The Bertz CT molecular complexity index is 367. The molecule has 0 aliphatic carbocycles. The van der Waals surface area contributed by atoms with E-state index in [0.29, 0.717) is 4.47 Å². The van der Waals surface area contributed by atoms with E-state index in [9.17, 15) is 14.6 Å². The molecule has 2 unspecified atom stereocenters. The van der Waals surface area contributed by atoms with Crippen molar-refractivity contribution in [1.82, 2.24) is 4.98 Å². The fourth-order valence-corrected chi connectivity index (χ4v) is 1.89. The molecule has 1 aromatic rings. The maximum Gasteiger partial charge on any atom is 0.166 e. The van der Waals surface area contributed by atoms with Crippen LogP contribution in [0.1, 0.15) is 0 Å². The summed E-state index contributed by atoms with van der Waals surface area (Å²) in [6, 6.07) is 1.30. The third-order valence-corrected chi connectivity index (χ3v) is 2.78. The van der Waals surface area contributed by atoms with E-state index in [0.717, 1.165) is 0 Å². The topological polar surface area (TPSA) is 56.6 Å². The van der Waals surface area contributed by atoms with E-state index < -0.39 is 18.0 Å². The number of aromatic nitrogens is 1. The lowest BCUT2D eigenvalue weighted by molar-refractivity contribution is 0.0572. The zero-order valence-electron chi connectivity index (χ0n) is 7.77. The van der Waals surface area contributed by atoms with Gasteiger partial charge in [0.15, 0.2) is 11.6 Å². The summed E-state index contributed by atoms with van der Waals surface area (Å²) in [4.78, 5) is 5.44. The van der Waals surface area contributed by atoms with Gasteiger partial charge in [-0.15, -0.1) is 0 Å². The Morgan fingerprint density at radius 1 is 1.40 bits per heavy atom. The van der Waals surface area contributed by atoms with Crippen LogP contribution in [0.2, 0.25) is 0 Å². The molecule has 82 valence electrons. The normalized spacial score (nSPS) is 26.0. The van der Waals surface area contributed by atoms with E-state index in [2.05, 4.69) is 20.9 Å². The summed E-state index contributed by atoms with van der Waals surface area (Å²) in [6.45, 7) is 0.402. The van der Waals surface area contributed by atoms with E-state index in [4.69, 9.17) is 0 Å². The van der Waals surface area contributed by atoms with Gasteiger partial charge in [-0.25, -0.2) is 9.37 Å². The third kappa shape index (κ3) is 2.11. The highest BCUT2D eigenvalue weighted by molar-refractivity contribution is 9.10. The third-order valence-electron chi connectivity index (χ3n) is 2.35. The Kier molecular flexibility index (Phi) is 2.90. The quantitative estimate of drug-likeness (QED) is 0.786. The average molecular weight is 277 g/mol. The standard InChI is InChI=1S/C9H10BrFN2O2/c10-5-1-6(11)9(12-2-5)13-3-7(14)8(15)4-13/h1-2,7-8,14-15H,3-4H2. The van der Waals surface area contributed by atoms with Gasteiger partial charge in [-0.2, -0.15) is 0 Å². The molecule has 1 aliphatic heterocycles. The molecule has 0 radical (unpaired) electrons. The highest BCUT2D eigenvalue weighted by atomic mass is 79.9. The summed E-state index contributed by atoms with van der Waals surface area (Å²) in [5.41, 5.74) is 0. The van der Waals surface area contributed by atoms with Gasteiger partial charge >= 0.3 is 0 Å². The van der Waals surface area contributed by atoms with Crippen LogP contribution in [0.15, 0.2) is 16.7 Å². The number of aliphatic hydroxyl groups excluding tert-OH is 2. The first-order chi connectivity index (χ1) is 7.08. The number of hydrogen-bond acceptors (Lipinski definition) is 4. The Hall–Kier alpha value is -0.720. The fourth-order valence-electron chi connectivity index (χ4n) is 1.58. The molecule has 2 rings (SSSR count). The minimum absolute atomic E-state index is 0.161. The van der Waals surface area contributed by atoms with Gasteiger partial charge < -0.3 is 15.1 Å². The molecule has 15 heavy (non-hydrogen) atoms. The molecular formula is C9H10BrFN2O2. The molecule has 2 N–H and O–H groups in total. The molecule has 0 aromatic carbocycles. The van der Waals surface area contributed by atoms with Crippen LogP contribution in [0, 0.1) is 5.82 Å². The van der Waals surface area contributed by atoms with Crippen LogP contribution in [0.4, 0.5) is 10.2 Å². The molecule has 0 saturated carbocycles. The van der Waals surface area contributed by atoms with Crippen molar-refractivity contribution in [3.63, 3.8) is 0 Å². The molecule has 0 amide bonds. The van der Waals surface area contributed by atoms with E-state index in [1.807, 2.05) is 0 Å². The monoisotopic (exact) mass is 276 g/mol. The Balaban J connectivity index is 2.24. The van der Waals surface area contributed by atoms with Crippen LogP contribution < -0.4 is 4.90 Å². The molecule has 4 nitrogen and oxygen atoms in total. The van der Waals surface area contributed by atoms with Gasteiger partial charge in [0.2, 0.25) is 0 Å². The molecule has 0 bridgehead atoms. The van der Waals surface area contributed by atoms with E-state index >= 15 is 0 Å². The van der Waals surface area contributed by atoms with Gasteiger partial charge in [0.25, 0.3) is 0 Å². The van der Waals surface area contributed by atoms with Crippen LogP contribution in [-0.4, -0.2) is 40.5 Å². The van der Waals surface area contributed by atoms with E-state index in [-0.39, 0.29) is 18.9 Å². The molecule has 0 spiro atoms. The van der Waals surface area contributed by atoms with Crippen LogP contribution >= 0.6 is 15.9 Å². The molecule has 6 heteroatoms. The van der Waals surface area contributed by atoms with E-state index in [1.165, 1.54) is 17.2 Å². The van der Waals surface area contributed by atoms with Crippen LogP contribution in [0.5, 0.6) is 0 Å². The van der Waals surface area contributed by atoms with E-state index in [1.54, 1.807) is 0 Å².